The van der Waals surface area contributed by atoms with Crippen LogP contribution in [0.2, 0.25) is 5.02 Å². The second-order valence-corrected chi connectivity index (χ2v) is 8.37. The molecule has 0 aliphatic carbocycles. The van der Waals surface area contributed by atoms with E-state index in [-0.39, 0.29) is 30.0 Å². The number of morpholine rings is 1. The van der Waals surface area contributed by atoms with Gasteiger partial charge in [0.15, 0.2) is 5.96 Å². The lowest BCUT2D eigenvalue weighted by Crippen LogP contribution is -2.51. The molecule has 0 aromatic heterocycles. The zero-order valence-corrected chi connectivity index (χ0v) is 21.4. The van der Waals surface area contributed by atoms with Gasteiger partial charge in [0.25, 0.3) is 0 Å². The lowest BCUT2D eigenvalue weighted by molar-refractivity contribution is 0.0170. The molecule has 0 amide bonds. The van der Waals surface area contributed by atoms with Crippen molar-refractivity contribution in [1.82, 2.24) is 20.4 Å². The lowest BCUT2D eigenvalue weighted by Gasteiger charge is -2.36. The van der Waals surface area contributed by atoms with E-state index in [1.165, 1.54) is 44.5 Å². The van der Waals surface area contributed by atoms with Gasteiger partial charge in [0, 0.05) is 50.8 Å². The number of ether oxygens (including phenoxy) is 1. The molecule has 3 rings (SSSR count). The van der Waals surface area contributed by atoms with Crippen molar-refractivity contribution in [3.8, 4) is 0 Å². The number of piperidine rings is 1. The summed E-state index contributed by atoms with van der Waals surface area (Å²) in [4.78, 5) is 9.51. The fourth-order valence-electron chi connectivity index (χ4n) is 4.26. The maximum absolute atomic E-state index is 6.28. The molecule has 2 saturated heterocycles. The molecule has 2 N–H and O–H groups in total. The van der Waals surface area contributed by atoms with Gasteiger partial charge in [-0.05, 0) is 43.5 Å². The highest BCUT2D eigenvalue weighted by Gasteiger charge is 2.24. The maximum atomic E-state index is 6.28. The Labute approximate surface area is 203 Å². The molecule has 2 heterocycles. The van der Waals surface area contributed by atoms with Crippen LogP contribution in [0.25, 0.3) is 0 Å². The van der Waals surface area contributed by atoms with E-state index in [9.17, 15) is 0 Å². The Balaban J connectivity index is 0.00000320. The molecule has 0 spiro atoms. The van der Waals surface area contributed by atoms with Crippen LogP contribution in [-0.4, -0.2) is 81.3 Å². The third kappa shape index (κ3) is 7.82. The number of hydrogen-bond acceptors (Lipinski definition) is 4. The number of hydrogen-bond donors (Lipinski definition) is 2. The predicted molar refractivity (Wildman–Crippen MR) is 136 cm³/mol. The normalized spacial score (nSPS) is 20.4. The molecule has 1 unspecified atom stereocenters. The zero-order chi connectivity index (χ0) is 20.5. The first-order valence-corrected chi connectivity index (χ1v) is 11.3. The summed E-state index contributed by atoms with van der Waals surface area (Å²) in [5.41, 5.74) is 1.23. The maximum Gasteiger partial charge on any atom is 0.191 e. The Morgan fingerprint density at radius 2 is 1.97 bits per heavy atom. The molecule has 8 heteroatoms. The Kier molecular flexibility index (Phi) is 11.7. The molecular formula is C22H37ClIN5O. The highest BCUT2D eigenvalue weighted by atomic mass is 127. The molecule has 170 valence electrons. The summed E-state index contributed by atoms with van der Waals surface area (Å²) in [5, 5.41) is 7.98. The fourth-order valence-corrected chi connectivity index (χ4v) is 4.46. The van der Waals surface area contributed by atoms with Crippen LogP contribution in [-0.2, 0) is 4.74 Å². The number of benzene rings is 1. The highest BCUT2D eigenvalue weighted by Crippen LogP contribution is 2.24. The SMILES string of the molecule is CCCN1CCC(NC(=NC)NCC(c2cccc(Cl)c2)N2CCOCC2)CC1.I. The van der Waals surface area contributed by atoms with Crippen molar-refractivity contribution in [3.63, 3.8) is 0 Å². The van der Waals surface area contributed by atoms with Gasteiger partial charge < -0.3 is 20.3 Å². The second kappa shape index (κ2) is 13.7. The number of nitrogens with zero attached hydrogens (tertiary/aromatic N) is 3. The number of likely N-dealkylation sites (tertiary alicyclic amines) is 1. The minimum Gasteiger partial charge on any atom is -0.379 e. The van der Waals surface area contributed by atoms with E-state index in [4.69, 9.17) is 16.3 Å². The first kappa shape index (κ1) is 25.6. The summed E-state index contributed by atoms with van der Waals surface area (Å²) in [6.07, 6.45) is 3.57. The van der Waals surface area contributed by atoms with Crippen molar-refractivity contribution in [2.24, 2.45) is 4.99 Å². The zero-order valence-electron chi connectivity index (χ0n) is 18.3. The summed E-state index contributed by atoms with van der Waals surface area (Å²) in [5.74, 6) is 0.888. The second-order valence-electron chi connectivity index (χ2n) is 7.93. The summed E-state index contributed by atoms with van der Waals surface area (Å²) in [6.45, 7) is 10.0. The molecular weight excluding hydrogens is 513 g/mol. The first-order valence-electron chi connectivity index (χ1n) is 11.0. The number of guanidine groups is 1. The van der Waals surface area contributed by atoms with Gasteiger partial charge in [0.2, 0.25) is 0 Å². The molecule has 0 radical (unpaired) electrons. The summed E-state index contributed by atoms with van der Waals surface area (Å²) in [6, 6.07) is 8.92. The topological polar surface area (TPSA) is 52.1 Å². The van der Waals surface area contributed by atoms with E-state index in [1.54, 1.807) is 0 Å². The Hall–Kier alpha value is -0.610. The van der Waals surface area contributed by atoms with E-state index in [0.29, 0.717) is 6.04 Å². The monoisotopic (exact) mass is 549 g/mol. The number of halogens is 2. The number of nitrogens with one attached hydrogen (secondary N) is 2. The lowest BCUT2D eigenvalue weighted by atomic mass is 10.0. The molecule has 6 nitrogen and oxygen atoms in total. The van der Waals surface area contributed by atoms with Gasteiger partial charge in [-0.2, -0.15) is 0 Å². The van der Waals surface area contributed by atoms with Crippen molar-refractivity contribution in [2.45, 2.75) is 38.3 Å². The third-order valence-corrected chi connectivity index (χ3v) is 6.11. The first-order chi connectivity index (χ1) is 14.2. The van der Waals surface area contributed by atoms with Gasteiger partial charge in [0.05, 0.1) is 19.3 Å². The van der Waals surface area contributed by atoms with Crippen molar-refractivity contribution in [2.75, 3.05) is 59.5 Å². The summed E-state index contributed by atoms with van der Waals surface area (Å²) in [7, 11) is 1.85. The van der Waals surface area contributed by atoms with Crippen molar-refractivity contribution in [1.29, 1.82) is 0 Å². The van der Waals surface area contributed by atoms with E-state index < -0.39 is 0 Å². The van der Waals surface area contributed by atoms with Crippen molar-refractivity contribution in [3.05, 3.63) is 34.9 Å². The summed E-state index contributed by atoms with van der Waals surface area (Å²) >= 11 is 6.28. The minimum absolute atomic E-state index is 0. The largest absolute Gasteiger partial charge is 0.379 e. The molecule has 2 fully saturated rings. The van der Waals surface area contributed by atoms with E-state index in [2.05, 4.69) is 44.5 Å². The number of rotatable bonds is 7. The van der Waals surface area contributed by atoms with Crippen LogP contribution in [0.1, 0.15) is 37.8 Å². The molecule has 1 aromatic carbocycles. The minimum atomic E-state index is 0. The molecule has 30 heavy (non-hydrogen) atoms. The smallest absolute Gasteiger partial charge is 0.191 e. The predicted octanol–water partition coefficient (Wildman–Crippen LogP) is 3.37. The van der Waals surface area contributed by atoms with Crippen LogP contribution < -0.4 is 10.6 Å². The van der Waals surface area contributed by atoms with Crippen molar-refractivity contribution < 1.29 is 4.74 Å². The fraction of sp³-hybridized carbons (Fsp3) is 0.682. The molecule has 2 aliphatic rings. The van der Waals surface area contributed by atoms with Gasteiger partial charge >= 0.3 is 0 Å². The van der Waals surface area contributed by atoms with Crippen LogP contribution in [0.3, 0.4) is 0 Å². The van der Waals surface area contributed by atoms with E-state index in [1.807, 2.05) is 19.2 Å². The standard InChI is InChI=1S/C22H36ClN5O.HI/c1-3-9-27-10-7-20(8-11-27)26-22(24-2)25-17-21(28-12-14-29-15-13-28)18-5-4-6-19(23)16-18;/h4-6,16,20-21H,3,7-15,17H2,1-2H3,(H2,24,25,26);1H. The van der Waals surface area contributed by atoms with Crippen LogP contribution in [0, 0.1) is 0 Å². The molecule has 1 atom stereocenters. The molecule has 2 aliphatic heterocycles. The average molecular weight is 550 g/mol. The van der Waals surface area contributed by atoms with Gasteiger partial charge in [-0.25, -0.2) is 0 Å². The Morgan fingerprint density at radius 1 is 1.23 bits per heavy atom. The quantitative estimate of drug-likeness (QED) is 0.310. The highest BCUT2D eigenvalue weighted by molar-refractivity contribution is 14.0. The van der Waals surface area contributed by atoms with Crippen LogP contribution in [0.4, 0.5) is 0 Å². The number of aliphatic imine (C=N–C) groups is 1. The molecule has 1 aromatic rings. The van der Waals surface area contributed by atoms with E-state index in [0.717, 1.165) is 43.8 Å². The van der Waals surface area contributed by atoms with Gasteiger partial charge in [-0.1, -0.05) is 30.7 Å². The molecule has 0 saturated carbocycles. The van der Waals surface area contributed by atoms with Gasteiger partial charge in [-0.15, -0.1) is 24.0 Å². The molecule has 0 bridgehead atoms. The van der Waals surface area contributed by atoms with Crippen LogP contribution in [0.15, 0.2) is 29.3 Å². The van der Waals surface area contributed by atoms with Crippen LogP contribution in [0.5, 0.6) is 0 Å². The van der Waals surface area contributed by atoms with Crippen molar-refractivity contribution >= 4 is 41.5 Å². The van der Waals surface area contributed by atoms with Crippen LogP contribution >= 0.6 is 35.6 Å². The van der Waals surface area contributed by atoms with E-state index >= 15 is 0 Å². The van der Waals surface area contributed by atoms with Gasteiger partial charge in [0.1, 0.15) is 0 Å². The Bertz CT molecular complexity index is 648. The summed E-state index contributed by atoms with van der Waals surface area (Å²) < 4.78 is 5.55. The Morgan fingerprint density at radius 3 is 2.60 bits per heavy atom. The van der Waals surface area contributed by atoms with Gasteiger partial charge in [-0.3, -0.25) is 9.89 Å². The average Bonchev–Trinajstić information content (AvgIpc) is 2.75. The third-order valence-electron chi connectivity index (χ3n) is 5.87.